The molecule has 2 rings (SSSR count). The Morgan fingerprint density at radius 2 is 2.18 bits per heavy atom. The molecule has 1 heterocycles. The summed E-state index contributed by atoms with van der Waals surface area (Å²) >= 11 is 1.29. The summed E-state index contributed by atoms with van der Waals surface area (Å²) in [6.45, 7) is 0.982. The van der Waals surface area contributed by atoms with E-state index in [0.29, 0.717) is 23.7 Å². The first-order valence-electron chi connectivity index (χ1n) is 5.12. The monoisotopic (exact) mass is 259 g/mol. The van der Waals surface area contributed by atoms with Gasteiger partial charge in [-0.05, 0) is 12.1 Å². The molecule has 6 heteroatoms. The molecular formula is C11H11F2NO2S. The normalized spacial score (nSPS) is 15.8. The fourth-order valence-corrected chi connectivity index (χ4v) is 2.62. The van der Waals surface area contributed by atoms with Crippen LogP contribution in [0.2, 0.25) is 0 Å². The number of hydrogen-bond donors (Lipinski definition) is 1. The average Bonchev–Trinajstić information content (AvgIpc) is 2.17. The van der Waals surface area contributed by atoms with E-state index in [0.717, 1.165) is 6.07 Å². The number of hydrogen-bond acceptors (Lipinski definition) is 2. The third kappa shape index (κ3) is 2.88. The first-order chi connectivity index (χ1) is 8.06. The fourth-order valence-electron chi connectivity index (χ4n) is 1.63. The number of likely N-dealkylation sites (tertiary alicyclic amines) is 1. The first kappa shape index (κ1) is 12.2. The highest BCUT2D eigenvalue weighted by molar-refractivity contribution is 7.99. The lowest BCUT2D eigenvalue weighted by Crippen LogP contribution is -2.50. The highest BCUT2D eigenvalue weighted by Crippen LogP contribution is 2.27. The summed E-state index contributed by atoms with van der Waals surface area (Å²) in [7, 11) is 0. The average molecular weight is 259 g/mol. The van der Waals surface area contributed by atoms with Gasteiger partial charge in [-0.2, -0.15) is 0 Å². The molecule has 1 aliphatic rings. The van der Waals surface area contributed by atoms with E-state index in [-0.39, 0.29) is 5.92 Å². The Labute approximate surface area is 101 Å². The van der Waals surface area contributed by atoms with Gasteiger partial charge in [-0.25, -0.2) is 13.6 Å². The van der Waals surface area contributed by atoms with Gasteiger partial charge in [-0.15, -0.1) is 11.8 Å². The second-order valence-corrected chi connectivity index (χ2v) is 5.00. The Kier molecular flexibility index (Phi) is 3.51. The number of amides is 1. The minimum atomic E-state index is -0.917. The van der Waals surface area contributed by atoms with Crippen LogP contribution in [0.5, 0.6) is 0 Å². The van der Waals surface area contributed by atoms with E-state index in [9.17, 15) is 13.6 Å². The van der Waals surface area contributed by atoms with Crippen molar-refractivity contribution in [1.29, 1.82) is 0 Å². The van der Waals surface area contributed by atoms with Crippen molar-refractivity contribution in [1.82, 2.24) is 4.90 Å². The van der Waals surface area contributed by atoms with Crippen molar-refractivity contribution in [3.8, 4) is 0 Å². The lowest BCUT2D eigenvalue weighted by Gasteiger charge is -2.36. The Balaban J connectivity index is 1.81. The highest BCUT2D eigenvalue weighted by Gasteiger charge is 2.30. The van der Waals surface area contributed by atoms with Crippen LogP contribution in [-0.4, -0.2) is 34.9 Å². The molecule has 1 saturated heterocycles. The molecule has 1 N–H and O–H groups in total. The van der Waals surface area contributed by atoms with E-state index < -0.39 is 17.7 Å². The molecule has 0 aromatic heterocycles. The number of nitrogens with zero attached hydrogens (tertiary/aromatic N) is 1. The lowest BCUT2D eigenvalue weighted by atomic mass is 10.0. The SMILES string of the molecule is O=C(O)N1CC(CSc2ccc(F)cc2F)C1. The molecule has 0 spiro atoms. The summed E-state index contributed by atoms with van der Waals surface area (Å²) in [5, 5.41) is 8.63. The van der Waals surface area contributed by atoms with Crippen molar-refractivity contribution in [3.05, 3.63) is 29.8 Å². The molecule has 17 heavy (non-hydrogen) atoms. The summed E-state index contributed by atoms with van der Waals surface area (Å²) in [5.74, 6) is -0.260. The number of carboxylic acid groups (broad SMARTS) is 1. The first-order valence-corrected chi connectivity index (χ1v) is 6.10. The maximum Gasteiger partial charge on any atom is 0.407 e. The van der Waals surface area contributed by atoms with Gasteiger partial charge in [0.25, 0.3) is 0 Å². The molecule has 0 saturated carbocycles. The topological polar surface area (TPSA) is 40.5 Å². The van der Waals surface area contributed by atoms with Gasteiger partial charge in [0.1, 0.15) is 11.6 Å². The Hall–Kier alpha value is -1.30. The minimum Gasteiger partial charge on any atom is -0.465 e. The van der Waals surface area contributed by atoms with Crippen molar-refractivity contribution in [2.24, 2.45) is 5.92 Å². The summed E-state index contributed by atoms with van der Waals surface area (Å²) in [5.41, 5.74) is 0. The van der Waals surface area contributed by atoms with Crippen LogP contribution < -0.4 is 0 Å². The van der Waals surface area contributed by atoms with E-state index in [1.807, 2.05) is 0 Å². The molecule has 1 aromatic carbocycles. The third-order valence-corrected chi connectivity index (χ3v) is 3.88. The second-order valence-electron chi connectivity index (χ2n) is 3.94. The molecule has 1 amide bonds. The zero-order valence-corrected chi connectivity index (χ0v) is 9.71. The van der Waals surface area contributed by atoms with Crippen molar-refractivity contribution in [2.75, 3.05) is 18.8 Å². The van der Waals surface area contributed by atoms with Crippen LogP contribution >= 0.6 is 11.8 Å². The van der Waals surface area contributed by atoms with Gasteiger partial charge < -0.3 is 10.0 Å². The zero-order chi connectivity index (χ0) is 12.4. The van der Waals surface area contributed by atoms with Gasteiger partial charge in [0.05, 0.1) is 0 Å². The molecule has 0 radical (unpaired) electrons. The molecular weight excluding hydrogens is 248 g/mol. The van der Waals surface area contributed by atoms with E-state index in [4.69, 9.17) is 5.11 Å². The number of thioether (sulfide) groups is 1. The Morgan fingerprint density at radius 3 is 2.76 bits per heavy atom. The molecule has 0 aliphatic carbocycles. The fraction of sp³-hybridized carbons (Fsp3) is 0.364. The van der Waals surface area contributed by atoms with Gasteiger partial charge in [-0.3, -0.25) is 0 Å². The number of halogens is 2. The van der Waals surface area contributed by atoms with E-state index in [1.165, 1.54) is 28.8 Å². The molecule has 0 atom stereocenters. The number of benzene rings is 1. The maximum atomic E-state index is 13.3. The predicted molar refractivity (Wildman–Crippen MR) is 60.2 cm³/mol. The van der Waals surface area contributed by atoms with Crippen LogP contribution in [0.4, 0.5) is 13.6 Å². The lowest BCUT2D eigenvalue weighted by molar-refractivity contribution is 0.0900. The standard InChI is InChI=1S/C11H11F2NO2S/c12-8-1-2-10(9(13)3-8)17-6-7-4-14(5-7)11(15)16/h1-3,7H,4-6H2,(H,15,16). The minimum absolute atomic E-state index is 0.251. The molecule has 1 fully saturated rings. The largest absolute Gasteiger partial charge is 0.465 e. The van der Waals surface area contributed by atoms with E-state index in [1.54, 1.807) is 0 Å². The van der Waals surface area contributed by atoms with Gasteiger partial charge >= 0.3 is 6.09 Å². The van der Waals surface area contributed by atoms with Crippen molar-refractivity contribution >= 4 is 17.9 Å². The summed E-state index contributed by atoms with van der Waals surface area (Å²) < 4.78 is 25.9. The van der Waals surface area contributed by atoms with Crippen molar-refractivity contribution < 1.29 is 18.7 Å². The third-order valence-electron chi connectivity index (χ3n) is 2.60. The Morgan fingerprint density at radius 1 is 1.47 bits per heavy atom. The number of carbonyl (C=O) groups is 1. The van der Waals surface area contributed by atoms with Crippen LogP contribution in [0, 0.1) is 17.6 Å². The molecule has 0 unspecified atom stereocenters. The van der Waals surface area contributed by atoms with Crippen LogP contribution in [-0.2, 0) is 0 Å². The van der Waals surface area contributed by atoms with Gasteiger partial charge in [-0.1, -0.05) is 0 Å². The van der Waals surface area contributed by atoms with Crippen LogP contribution in [0.15, 0.2) is 23.1 Å². The predicted octanol–water partition coefficient (Wildman–Crippen LogP) is 2.67. The van der Waals surface area contributed by atoms with Gasteiger partial charge in [0.15, 0.2) is 0 Å². The van der Waals surface area contributed by atoms with E-state index >= 15 is 0 Å². The molecule has 0 bridgehead atoms. The van der Waals surface area contributed by atoms with Crippen LogP contribution in [0.1, 0.15) is 0 Å². The molecule has 1 aliphatic heterocycles. The van der Waals surface area contributed by atoms with Gasteiger partial charge in [0, 0.05) is 35.7 Å². The quantitative estimate of drug-likeness (QED) is 0.848. The van der Waals surface area contributed by atoms with Crippen molar-refractivity contribution in [3.63, 3.8) is 0 Å². The molecule has 92 valence electrons. The maximum absolute atomic E-state index is 13.3. The number of rotatable bonds is 3. The van der Waals surface area contributed by atoms with Crippen molar-refractivity contribution in [2.45, 2.75) is 4.90 Å². The smallest absolute Gasteiger partial charge is 0.407 e. The molecule has 1 aromatic rings. The van der Waals surface area contributed by atoms with E-state index in [2.05, 4.69) is 0 Å². The van der Waals surface area contributed by atoms with Crippen LogP contribution in [0.3, 0.4) is 0 Å². The highest BCUT2D eigenvalue weighted by atomic mass is 32.2. The van der Waals surface area contributed by atoms with Gasteiger partial charge in [0.2, 0.25) is 0 Å². The zero-order valence-electron chi connectivity index (χ0n) is 8.90. The summed E-state index contributed by atoms with van der Waals surface area (Å²) in [6.07, 6.45) is -0.917. The summed E-state index contributed by atoms with van der Waals surface area (Å²) in [6, 6.07) is 3.48. The summed E-state index contributed by atoms with van der Waals surface area (Å²) in [4.78, 5) is 12.2. The van der Waals surface area contributed by atoms with Crippen LogP contribution in [0.25, 0.3) is 0 Å². The Bertz CT molecular complexity index is 435. The molecule has 3 nitrogen and oxygen atoms in total. The second kappa shape index (κ2) is 4.91.